The molecule has 7 heteroatoms. The molecule has 0 aliphatic heterocycles. The van der Waals surface area contributed by atoms with Crippen LogP contribution in [0.1, 0.15) is 47.8 Å². The summed E-state index contributed by atoms with van der Waals surface area (Å²) in [5.41, 5.74) is 2.85. The van der Waals surface area contributed by atoms with Crippen LogP contribution in [0, 0.1) is 0 Å². The Morgan fingerprint density at radius 3 is 2.41 bits per heavy atom. The minimum Gasteiger partial charge on any atom is -0.478 e. The van der Waals surface area contributed by atoms with Gasteiger partial charge in [0.15, 0.2) is 0 Å². The summed E-state index contributed by atoms with van der Waals surface area (Å²) in [5, 5.41) is 14.2. The number of ether oxygens (including phenoxy) is 2. The highest BCUT2D eigenvalue weighted by molar-refractivity contribution is 5.95. The van der Waals surface area contributed by atoms with E-state index in [4.69, 9.17) is 19.6 Å². The zero-order chi connectivity index (χ0) is 23.1. The lowest BCUT2D eigenvalue weighted by Crippen LogP contribution is -2.31. The van der Waals surface area contributed by atoms with Crippen LogP contribution in [0.15, 0.2) is 60.7 Å². The predicted octanol–water partition coefficient (Wildman–Crippen LogP) is 4.67. The number of benzene rings is 2. The summed E-state index contributed by atoms with van der Waals surface area (Å²) in [5.74, 6) is -0.619. The van der Waals surface area contributed by atoms with Crippen molar-refractivity contribution in [3.63, 3.8) is 0 Å². The largest absolute Gasteiger partial charge is 0.478 e. The molecule has 1 heterocycles. The average Bonchev–Trinajstić information content (AvgIpc) is 3.22. The molecule has 2 aromatic carbocycles. The number of hydrogen-bond acceptors (Lipinski definition) is 5. The van der Waals surface area contributed by atoms with Crippen molar-refractivity contribution in [3.05, 3.63) is 83.5 Å². The Kier molecular flexibility index (Phi) is 7.56. The highest BCUT2D eigenvalue weighted by Gasteiger charge is 2.35. The van der Waals surface area contributed by atoms with E-state index in [-0.39, 0.29) is 5.56 Å². The zero-order valence-corrected chi connectivity index (χ0v) is 18.9. The van der Waals surface area contributed by atoms with Gasteiger partial charge in [0.05, 0.1) is 12.1 Å². The van der Waals surface area contributed by atoms with Crippen LogP contribution in [-0.4, -0.2) is 40.1 Å². The number of allylic oxidation sites excluding steroid dienone is 2. The Balaban J connectivity index is 1.92. The summed E-state index contributed by atoms with van der Waals surface area (Å²) in [7, 11) is 3.18. The molecule has 0 radical (unpaired) electrons. The molecule has 32 heavy (non-hydrogen) atoms. The number of aromatic carboxylic acids is 1. The minimum atomic E-state index is -0.986. The van der Waals surface area contributed by atoms with E-state index in [1.54, 1.807) is 26.4 Å². The van der Waals surface area contributed by atoms with Gasteiger partial charge < -0.3 is 14.6 Å². The highest BCUT2D eigenvalue weighted by atomic mass is 16.7. The summed E-state index contributed by atoms with van der Waals surface area (Å²) >= 11 is 0. The van der Waals surface area contributed by atoms with Crippen LogP contribution >= 0.6 is 0 Å². The van der Waals surface area contributed by atoms with Crippen LogP contribution < -0.4 is 0 Å². The van der Waals surface area contributed by atoms with Crippen molar-refractivity contribution in [2.45, 2.75) is 39.0 Å². The first-order valence-corrected chi connectivity index (χ1v) is 10.5. The number of methoxy groups -OCH3 is 2. The van der Waals surface area contributed by atoms with Gasteiger partial charge in [0.1, 0.15) is 5.82 Å². The molecule has 0 amide bonds. The van der Waals surface area contributed by atoms with E-state index in [0.29, 0.717) is 30.8 Å². The third-order valence-corrected chi connectivity index (χ3v) is 5.50. The van der Waals surface area contributed by atoms with Crippen molar-refractivity contribution >= 4 is 5.97 Å². The number of carbonyl (C=O) groups is 1. The molecule has 0 saturated carbocycles. The molecule has 1 aromatic heterocycles. The molecule has 0 bridgehead atoms. The van der Waals surface area contributed by atoms with Crippen LogP contribution in [0.5, 0.6) is 0 Å². The van der Waals surface area contributed by atoms with Crippen LogP contribution in [0.2, 0.25) is 0 Å². The smallest absolute Gasteiger partial charge is 0.336 e. The van der Waals surface area contributed by atoms with E-state index in [1.807, 2.05) is 67.1 Å². The predicted molar refractivity (Wildman–Crippen MR) is 122 cm³/mol. The van der Waals surface area contributed by atoms with Crippen molar-refractivity contribution in [3.8, 4) is 11.1 Å². The molecule has 0 aliphatic carbocycles. The van der Waals surface area contributed by atoms with Crippen LogP contribution in [0.3, 0.4) is 0 Å². The molecule has 0 saturated heterocycles. The van der Waals surface area contributed by atoms with E-state index in [1.165, 1.54) is 0 Å². The molecule has 0 aliphatic rings. The molecule has 7 nitrogen and oxygen atoms in total. The fraction of sp³-hybridized carbons (Fsp3) is 0.320. The topological polar surface area (TPSA) is 86.5 Å². The van der Waals surface area contributed by atoms with Crippen LogP contribution in [0.25, 0.3) is 11.1 Å². The van der Waals surface area contributed by atoms with E-state index >= 15 is 0 Å². The van der Waals surface area contributed by atoms with Gasteiger partial charge in [-0.2, -0.15) is 0 Å². The number of carboxylic acid groups (broad SMARTS) is 1. The second-order valence-electron chi connectivity index (χ2n) is 7.34. The second-order valence-corrected chi connectivity index (χ2v) is 7.34. The Bertz CT molecular complexity index is 1070. The monoisotopic (exact) mass is 435 g/mol. The fourth-order valence-corrected chi connectivity index (χ4v) is 3.63. The third-order valence-electron chi connectivity index (χ3n) is 5.50. The number of aromatic nitrogens is 3. The summed E-state index contributed by atoms with van der Waals surface area (Å²) < 4.78 is 13.1. The molecular formula is C25H29N3O4. The van der Waals surface area contributed by atoms with Crippen LogP contribution in [0.4, 0.5) is 0 Å². The third kappa shape index (κ3) is 4.79. The number of nitrogens with zero attached hydrogens (tertiary/aromatic N) is 3. The lowest BCUT2D eigenvalue weighted by atomic mass is 9.99. The second kappa shape index (κ2) is 10.3. The fourth-order valence-electron chi connectivity index (χ4n) is 3.63. The van der Waals surface area contributed by atoms with Gasteiger partial charge in [-0.25, -0.2) is 14.5 Å². The Labute approximate surface area is 188 Å². The first-order chi connectivity index (χ1) is 15.5. The Morgan fingerprint density at radius 1 is 1.12 bits per heavy atom. The maximum absolute atomic E-state index is 11.5. The molecule has 0 atom stereocenters. The van der Waals surface area contributed by atoms with Gasteiger partial charge in [-0.15, -0.1) is 5.10 Å². The van der Waals surface area contributed by atoms with Crippen molar-refractivity contribution < 1.29 is 19.4 Å². The van der Waals surface area contributed by atoms with E-state index in [9.17, 15) is 9.90 Å². The van der Waals surface area contributed by atoms with Gasteiger partial charge in [0.25, 0.3) is 0 Å². The van der Waals surface area contributed by atoms with Gasteiger partial charge in [-0.3, -0.25) is 0 Å². The molecule has 0 spiro atoms. The van der Waals surface area contributed by atoms with E-state index in [0.717, 1.165) is 17.0 Å². The average molecular weight is 436 g/mol. The van der Waals surface area contributed by atoms with Crippen molar-refractivity contribution in [2.75, 3.05) is 14.2 Å². The SMILES string of the molecule is CC=CCc1nc(C(CC)(OC)OC)nn1Cc1ccc(-c2ccccc2C(=O)O)cc1. The number of carboxylic acids is 1. The number of hydrogen-bond donors (Lipinski definition) is 1. The van der Waals surface area contributed by atoms with Crippen molar-refractivity contribution in [1.82, 2.24) is 14.8 Å². The lowest BCUT2D eigenvalue weighted by molar-refractivity contribution is -0.222. The van der Waals surface area contributed by atoms with Gasteiger partial charge in [-0.1, -0.05) is 61.5 Å². The molecule has 0 fully saturated rings. The molecule has 1 N–H and O–H groups in total. The van der Waals surface area contributed by atoms with E-state index in [2.05, 4.69) is 0 Å². The minimum absolute atomic E-state index is 0.282. The van der Waals surface area contributed by atoms with Gasteiger partial charge in [0.2, 0.25) is 11.6 Å². The Hall–Kier alpha value is -3.29. The maximum atomic E-state index is 11.5. The molecular weight excluding hydrogens is 406 g/mol. The highest BCUT2D eigenvalue weighted by Crippen LogP contribution is 2.28. The summed E-state index contributed by atoms with van der Waals surface area (Å²) in [4.78, 5) is 16.3. The molecule has 3 aromatic rings. The van der Waals surface area contributed by atoms with Crippen molar-refractivity contribution in [2.24, 2.45) is 0 Å². The maximum Gasteiger partial charge on any atom is 0.336 e. The zero-order valence-electron chi connectivity index (χ0n) is 18.9. The van der Waals surface area contributed by atoms with Crippen molar-refractivity contribution in [1.29, 1.82) is 0 Å². The number of rotatable bonds is 10. The van der Waals surface area contributed by atoms with Gasteiger partial charge >= 0.3 is 5.97 Å². The first-order valence-electron chi connectivity index (χ1n) is 10.5. The summed E-state index contributed by atoms with van der Waals surface area (Å²) in [6.07, 6.45) is 5.22. The Morgan fingerprint density at radius 2 is 1.81 bits per heavy atom. The standard InChI is InChI=1S/C25H29N3O4/c1-5-7-12-22-26-24(25(6-2,31-3)32-4)27-28(22)17-18-13-15-19(16-14-18)20-10-8-9-11-21(20)23(29)30/h5,7-11,13-16H,6,12,17H2,1-4H3,(H,29,30). The van der Waals surface area contributed by atoms with Gasteiger partial charge in [-0.05, 0) is 29.7 Å². The normalized spacial score (nSPS) is 11.9. The summed E-state index contributed by atoms with van der Waals surface area (Å²) in [6, 6.07) is 14.8. The molecule has 3 rings (SSSR count). The van der Waals surface area contributed by atoms with Crippen LogP contribution in [-0.2, 0) is 28.2 Å². The lowest BCUT2D eigenvalue weighted by Gasteiger charge is -2.26. The summed E-state index contributed by atoms with van der Waals surface area (Å²) in [6.45, 7) is 4.46. The van der Waals surface area contributed by atoms with E-state index < -0.39 is 11.8 Å². The quantitative estimate of drug-likeness (QED) is 0.368. The first kappa shape index (κ1) is 23.4. The van der Waals surface area contributed by atoms with Gasteiger partial charge in [0, 0.05) is 27.1 Å². The molecule has 0 unspecified atom stereocenters. The molecule has 168 valence electrons.